The molecule has 6 nitrogen and oxygen atoms in total. The molecule has 0 aliphatic heterocycles. The van der Waals surface area contributed by atoms with E-state index < -0.39 is 17.9 Å². The third-order valence-corrected chi connectivity index (χ3v) is 2.16. The zero-order valence-corrected chi connectivity index (χ0v) is 9.15. The molecule has 1 aromatic rings. The molecule has 0 saturated carbocycles. The summed E-state index contributed by atoms with van der Waals surface area (Å²) in [7, 11) is 0. The Labute approximate surface area is 96.4 Å². The summed E-state index contributed by atoms with van der Waals surface area (Å²) < 4.78 is 0. The van der Waals surface area contributed by atoms with Crippen LogP contribution >= 0.6 is 11.6 Å². The van der Waals surface area contributed by atoms with Crippen molar-refractivity contribution in [3.05, 3.63) is 22.8 Å². The van der Waals surface area contributed by atoms with E-state index in [1.165, 1.54) is 6.07 Å². The van der Waals surface area contributed by atoms with E-state index in [2.05, 4.69) is 10.3 Å². The molecule has 0 aromatic carbocycles. The lowest BCUT2D eigenvalue weighted by Gasteiger charge is -2.11. The number of hydrogen-bond donors (Lipinski definition) is 3. The van der Waals surface area contributed by atoms with Gasteiger partial charge in [0.05, 0.1) is 10.6 Å². The van der Waals surface area contributed by atoms with E-state index in [4.69, 9.17) is 22.4 Å². The number of halogens is 1. The first kappa shape index (κ1) is 12.3. The van der Waals surface area contributed by atoms with Gasteiger partial charge in [-0.3, -0.25) is 4.79 Å². The summed E-state index contributed by atoms with van der Waals surface area (Å²) in [6.07, 6.45) is 1.14. The number of rotatable bonds is 4. The first-order valence-electron chi connectivity index (χ1n) is 4.36. The smallest absolute Gasteiger partial charge is 0.337 e. The number of nitrogens with two attached hydrogens (primary N) is 1. The van der Waals surface area contributed by atoms with Crippen LogP contribution < -0.4 is 11.1 Å². The van der Waals surface area contributed by atoms with E-state index in [1.54, 1.807) is 6.92 Å². The van der Waals surface area contributed by atoms with Gasteiger partial charge in [-0.25, -0.2) is 9.78 Å². The number of carboxylic acid groups (broad SMARTS) is 1. The second-order valence-corrected chi connectivity index (χ2v) is 3.54. The fraction of sp³-hybridized carbons (Fsp3) is 0.222. The monoisotopic (exact) mass is 243 g/mol. The molecule has 4 N–H and O–H groups in total. The molecule has 0 aliphatic rings. The Bertz CT molecular complexity index is 436. The van der Waals surface area contributed by atoms with Crippen LogP contribution in [0.3, 0.4) is 0 Å². The number of hydrogen-bond acceptors (Lipinski definition) is 4. The molecule has 0 saturated heterocycles. The maximum atomic E-state index is 10.8. The van der Waals surface area contributed by atoms with Gasteiger partial charge >= 0.3 is 5.97 Å². The number of nitrogens with one attached hydrogen (secondary N) is 1. The van der Waals surface area contributed by atoms with Crippen molar-refractivity contribution in [1.29, 1.82) is 0 Å². The summed E-state index contributed by atoms with van der Waals surface area (Å²) in [5, 5.41) is 11.5. The highest BCUT2D eigenvalue weighted by Gasteiger charge is 2.13. The molecule has 1 amide bonds. The lowest BCUT2D eigenvalue weighted by atomic mass is 10.2. The van der Waals surface area contributed by atoms with Crippen LogP contribution in [0.4, 0.5) is 5.82 Å². The van der Waals surface area contributed by atoms with E-state index in [1.807, 2.05) is 0 Å². The molecule has 1 heterocycles. The van der Waals surface area contributed by atoms with Crippen LogP contribution in [0.2, 0.25) is 5.02 Å². The van der Waals surface area contributed by atoms with Gasteiger partial charge in [-0.1, -0.05) is 11.6 Å². The van der Waals surface area contributed by atoms with Gasteiger partial charge in [-0.05, 0) is 13.0 Å². The number of carbonyl (C=O) groups is 2. The minimum Gasteiger partial charge on any atom is -0.478 e. The van der Waals surface area contributed by atoms with Crippen molar-refractivity contribution in [2.24, 2.45) is 5.73 Å². The van der Waals surface area contributed by atoms with Crippen molar-refractivity contribution < 1.29 is 14.7 Å². The number of carboxylic acids is 1. The van der Waals surface area contributed by atoms with Crippen molar-refractivity contribution in [3.8, 4) is 0 Å². The average molecular weight is 244 g/mol. The van der Waals surface area contributed by atoms with Gasteiger partial charge in [-0.2, -0.15) is 0 Å². The summed E-state index contributed by atoms with van der Waals surface area (Å²) in [5.74, 6) is -1.46. The Balaban J connectivity index is 2.91. The lowest BCUT2D eigenvalue weighted by Crippen LogP contribution is -2.32. The normalized spacial score (nSPS) is 11.9. The first-order valence-corrected chi connectivity index (χ1v) is 4.74. The van der Waals surface area contributed by atoms with Gasteiger partial charge in [0, 0.05) is 6.20 Å². The van der Waals surface area contributed by atoms with Gasteiger partial charge in [0.25, 0.3) is 0 Å². The summed E-state index contributed by atoms with van der Waals surface area (Å²) in [6.45, 7) is 1.55. The van der Waals surface area contributed by atoms with E-state index in [0.29, 0.717) is 0 Å². The molecule has 0 spiro atoms. The summed E-state index contributed by atoms with van der Waals surface area (Å²) in [6, 6.07) is 0.605. The molecular formula is C9H10ClN3O3. The van der Waals surface area contributed by atoms with E-state index in [-0.39, 0.29) is 16.4 Å². The molecule has 0 fully saturated rings. The third-order valence-electron chi connectivity index (χ3n) is 1.87. The summed E-state index contributed by atoms with van der Waals surface area (Å²) in [5.41, 5.74) is 5.02. The van der Waals surface area contributed by atoms with Crippen LogP contribution in [0.15, 0.2) is 12.3 Å². The predicted octanol–water partition coefficient (Wildman–Crippen LogP) is 0.719. The molecular weight excluding hydrogens is 234 g/mol. The molecule has 1 atom stereocenters. The fourth-order valence-electron chi connectivity index (χ4n) is 0.937. The quantitative estimate of drug-likeness (QED) is 0.723. The second kappa shape index (κ2) is 4.80. The maximum Gasteiger partial charge on any atom is 0.337 e. The molecule has 86 valence electrons. The Hall–Kier alpha value is -1.82. The van der Waals surface area contributed by atoms with Crippen molar-refractivity contribution in [3.63, 3.8) is 0 Å². The minimum atomic E-state index is -1.12. The number of aromatic nitrogens is 1. The van der Waals surface area contributed by atoms with E-state index in [0.717, 1.165) is 6.20 Å². The zero-order chi connectivity index (χ0) is 12.3. The molecule has 0 aliphatic carbocycles. The zero-order valence-electron chi connectivity index (χ0n) is 8.40. The number of nitrogens with zero attached hydrogens (tertiary/aromatic N) is 1. The molecule has 0 bridgehead atoms. The largest absolute Gasteiger partial charge is 0.478 e. The van der Waals surface area contributed by atoms with Crippen LogP contribution in [0.25, 0.3) is 0 Å². The number of pyridine rings is 1. The second-order valence-electron chi connectivity index (χ2n) is 3.13. The van der Waals surface area contributed by atoms with Crippen molar-refractivity contribution in [2.75, 3.05) is 5.32 Å². The molecule has 1 aromatic heterocycles. The highest BCUT2D eigenvalue weighted by molar-refractivity contribution is 6.33. The summed E-state index contributed by atoms with van der Waals surface area (Å²) >= 11 is 5.78. The summed E-state index contributed by atoms with van der Waals surface area (Å²) in [4.78, 5) is 25.2. The Morgan fingerprint density at radius 3 is 2.69 bits per heavy atom. The number of carbonyl (C=O) groups excluding carboxylic acids is 1. The number of anilines is 1. The van der Waals surface area contributed by atoms with Crippen LogP contribution in [0, 0.1) is 0 Å². The van der Waals surface area contributed by atoms with E-state index >= 15 is 0 Å². The van der Waals surface area contributed by atoms with E-state index in [9.17, 15) is 9.59 Å². The first-order chi connectivity index (χ1) is 7.41. The van der Waals surface area contributed by atoms with Crippen molar-refractivity contribution in [1.82, 2.24) is 4.98 Å². The van der Waals surface area contributed by atoms with Gasteiger partial charge in [0.1, 0.15) is 11.9 Å². The Morgan fingerprint density at radius 1 is 1.62 bits per heavy atom. The molecule has 0 radical (unpaired) electrons. The van der Waals surface area contributed by atoms with Crippen LogP contribution in [0.1, 0.15) is 17.3 Å². The molecule has 1 unspecified atom stereocenters. The number of primary amides is 1. The fourth-order valence-corrected chi connectivity index (χ4v) is 1.16. The SMILES string of the molecule is CC(Nc1ncc(C(=O)O)cc1Cl)C(N)=O. The van der Waals surface area contributed by atoms with Gasteiger partial charge in [0.15, 0.2) is 0 Å². The third kappa shape index (κ3) is 2.83. The van der Waals surface area contributed by atoms with Crippen molar-refractivity contribution in [2.45, 2.75) is 13.0 Å². The van der Waals surface area contributed by atoms with Crippen LogP contribution in [-0.4, -0.2) is 28.0 Å². The van der Waals surface area contributed by atoms with Crippen molar-refractivity contribution >= 4 is 29.3 Å². The van der Waals surface area contributed by atoms with Crippen LogP contribution in [0.5, 0.6) is 0 Å². The molecule has 16 heavy (non-hydrogen) atoms. The highest BCUT2D eigenvalue weighted by atomic mass is 35.5. The Morgan fingerprint density at radius 2 is 2.25 bits per heavy atom. The van der Waals surface area contributed by atoms with Gasteiger partial charge in [-0.15, -0.1) is 0 Å². The molecule has 7 heteroatoms. The van der Waals surface area contributed by atoms with Gasteiger partial charge < -0.3 is 16.2 Å². The number of amides is 1. The number of aromatic carboxylic acids is 1. The standard InChI is InChI=1S/C9H10ClN3O3/c1-4(7(11)14)13-8-6(10)2-5(3-12-8)9(15)16/h2-4H,1H3,(H2,11,14)(H,12,13)(H,15,16). The topological polar surface area (TPSA) is 105 Å². The highest BCUT2D eigenvalue weighted by Crippen LogP contribution is 2.20. The van der Waals surface area contributed by atoms with Crippen LogP contribution in [-0.2, 0) is 4.79 Å². The van der Waals surface area contributed by atoms with Gasteiger partial charge in [0.2, 0.25) is 5.91 Å². The Kier molecular flexibility index (Phi) is 3.68. The predicted molar refractivity (Wildman–Crippen MR) is 58.5 cm³/mol. The molecule has 1 rings (SSSR count). The maximum absolute atomic E-state index is 10.8. The lowest BCUT2D eigenvalue weighted by molar-refractivity contribution is -0.118. The minimum absolute atomic E-state index is 0.0257. The average Bonchev–Trinajstić information content (AvgIpc) is 2.20.